The quantitative estimate of drug-likeness (QED) is 0.221. The maximum Gasteiger partial charge on any atom is 0.276 e. The number of oxazole rings is 1. The number of benzene rings is 3. The van der Waals surface area contributed by atoms with Crippen LogP contribution in [0.25, 0.3) is 34.0 Å². The highest BCUT2D eigenvalue weighted by atomic mass is 79.9. The van der Waals surface area contributed by atoms with E-state index in [9.17, 15) is 9.18 Å². The van der Waals surface area contributed by atoms with Crippen LogP contribution in [-0.2, 0) is 24.4 Å². The SMILES string of the molecule is O=C(Nc1ccc(F)c(-c2cn(Cc3ncc(-c4cccc(Br)c4)o3)nn2)c1)c1nc(-c2ccccc2)n2c1COCC2. The number of hydrogen-bond donors (Lipinski definition) is 1. The van der Waals surface area contributed by atoms with Gasteiger partial charge in [-0.2, -0.15) is 0 Å². The van der Waals surface area contributed by atoms with Crippen molar-refractivity contribution in [3.63, 3.8) is 0 Å². The van der Waals surface area contributed by atoms with Crippen LogP contribution < -0.4 is 5.32 Å². The molecule has 0 atom stereocenters. The number of imidazole rings is 1. The predicted octanol–water partition coefficient (Wildman–Crippen LogP) is 6.20. The Bertz CT molecular complexity index is 1950. The molecule has 0 bridgehead atoms. The highest BCUT2D eigenvalue weighted by Gasteiger charge is 2.26. The van der Waals surface area contributed by atoms with Gasteiger partial charge in [-0.25, -0.2) is 19.0 Å². The van der Waals surface area contributed by atoms with E-state index in [1.807, 2.05) is 59.2 Å². The second-order valence-corrected chi connectivity index (χ2v) is 10.8. The second-order valence-electron chi connectivity index (χ2n) is 9.88. The van der Waals surface area contributed by atoms with E-state index in [1.165, 1.54) is 22.9 Å². The molecule has 3 aromatic carbocycles. The first-order chi connectivity index (χ1) is 21.0. The molecular formula is C31H23BrFN7O3. The van der Waals surface area contributed by atoms with Gasteiger partial charge in [0.1, 0.15) is 23.9 Å². The van der Waals surface area contributed by atoms with Crippen LogP contribution in [0.4, 0.5) is 10.1 Å². The number of carbonyl (C=O) groups excluding carboxylic acids is 1. The van der Waals surface area contributed by atoms with Gasteiger partial charge in [-0.05, 0) is 30.3 Å². The lowest BCUT2D eigenvalue weighted by atomic mass is 10.1. The number of hydrogen-bond acceptors (Lipinski definition) is 7. The van der Waals surface area contributed by atoms with Crippen molar-refractivity contribution in [2.45, 2.75) is 19.7 Å². The van der Waals surface area contributed by atoms with E-state index in [2.05, 4.69) is 41.5 Å². The maximum absolute atomic E-state index is 14.9. The smallest absolute Gasteiger partial charge is 0.276 e. The zero-order chi connectivity index (χ0) is 29.3. The van der Waals surface area contributed by atoms with Gasteiger partial charge >= 0.3 is 0 Å². The topological polar surface area (TPSA) is 113 Å². The largest absolute Gasteiger partial charge is 0.439 e. The first kappa shape index (κ1) is 26.9. The number of anilines is 1. The average molecular weight is 640 g/mol. The van der Waals surface area contributed by atoms with E-state index in [0.717, 1.165) is 15.6 Å². The summed E-state index contributed by atoms with van der Waals surface area (Å²) in [5, 5.41) is 11.1. The van der Waals surface area contributed by atoms with Crippen LogP contribution in [0.15, 0.2) is 94.1 Å². The molecule has 0 saturated heterocycles. The minimum Gasteiger partial charge on any atom is -0.439 e. The van der Waals surface area contributed by atoms with Gasteiger partial charge in [0.15, 0.2) is 11.5 Å². The Kier molecular flexibility index (Phi) is 7.13. The van der Waals surface area contributed by atoms with E-state index >= 15 is 0 Å². The lowest BCUT2D eigenvalue weighted by molar-refractivity contribution is 0.0830. The Morgan fingerprint density at radius 2 is 1.91 bits per heavy atom. The number of nitrogens with zero attached hydrogens (tertiary/aromatic N) is 6. The van der Waals surface area contributed by atoms with Gasteiger partial charge in [0.25, 0.3) is 5.91 Å². The summed E-state index contributed by atoms with van der Waals surface area (Å²) in [6.07, 6.45) is 3.25. The van der Waals surface area contributed by atoms with Crippen molar-refractivity contribution < 1.29 is 18.3 Å². The van der Waals surface area contributed by atoms with Gasteiger partial charge in [-0.15, -0.1) is 5.10 Å². The number of amides is 1. The lowest BCUT2D eigenvalue weighted by Crippen LogP contribution is -2.21. The van der Waals surface area contributed by atoms with E-state index in [-0.39, 0.29) is 24.4 Å². The van der Waals surface area contributed by atoms with Crippen LogP contribution in [0.2, 0.25) is 0 Å². The summed E-state index contributed by atoms with van der Waals surface area (Å²) in [6.45, 7) is 1.61. The van der Waals surface area contributed by atoms with Crippen molar-refractivity contribution in [2.75, 3.05) is 11.9 Å². The fourth-order valence-electron chi connectivity index (χ4n) is 4.97. The molecule has 3 aromatic heterocycles. The van der Waals surface area contributed by atoms with Crippen LogP contribution in [-0.4, -0.2) is 42.0 Å². The normalized spacial score (nSPS) is 12.7. The zero-order valence-corrected chi connectivity index (χ0v) is 24.2. The molecule has 0 aliphatic carbocycles. The summed E-state index contributed by atoms with van der Waals surface area (Å²) in [6, 6.07) is 21.7. The Hall–Kier alpha value is -4.94. The number of aromatic nitrogens is 6. The highest BCUT2D eigenvalue weighted by molar-refractivity contribution is 9.10. The molecule has 1 N–H and O–H groups in total. The molecule has 43 heavy (non-hydrogen) atoms. The number of nitrogens with one attached hydrogen (secondary N) is 1. The molecule has 6 aromatic rings. The second kappa shape index (κ2) is 11.4. The fraction of sp³-hybridized carbons (Fsp3) is 0.129. The highest BCUT2D eigenvalue weighted by Crippen LogP contribution is 2.29. The van der Waals surface area contributed by atoms with Gasteiger partial charge in [-0.3, -0.25) is 4.79 Å². The van der Waals surface area contributed by atoms with Gasteiger partial charge in [0.05, 0.1) is 31.3 Å². The molecule has 0 unspecified atom stereocenters. The van der Waals surface area contributed by atoms with Crippen molar-refractivity contribution >= 4 is 27.5 Å². The van der Waals surface area contributed by atoms with Crippen molar-refractivity contribution in [1.82, 2.24) is 29.5 Å². The lowest BCUT2D eigenvalue weighted by Gasteiger charge is -2.18. The molecule has 0 spiro atoms. The van der Waals surface area contributed by atoms with Gasteiger partial charge in [0, 0.05) is 33.4 Å². The van der Waals surface area contributed by atoms with Crippen LogP contribution in [0.5, 0.6) is 0 Å². The average Bonchev–Trinajstić information content (AvgIpc) is 3.78. The van der Waals surface area contributed by atoms with Crippen molar-refractivity contribution in [3.8, 4) is 34.0 Å². The molecule has 1 amide bonds. The molecule has 12 heteroatoms. The molecule has 214 valence electrons. The summed E-state index contributed by atoms with van der Waals surface area (Å²) >= 11 is 3.46. The number of carbonyl (C=O) groups is 1. The molecule has 0 fully saturated rings. The third-order valence-corrected chi connectivity index (χ3v) is 7.51. The molecular weight excluding hydrogens is 617 g/mol. The monoisotopic (exact) mass is 639 g/mol. The standard InChI is InChI=1S/C31H23BrFN7O3/c32-21-8-4-7-20(13-21)27-15-34-28(43-27)17-39-16-25(37-38-39)23-14-22(9-10-24(23)33)35-31(41)29-26-18-42-12-11-40(26)30(36-29)19-5-2-1-3-6-19/h1-10,13-16H,11-12,17-18H2,(H,35,41). The van der Waals surface area contributed by atoms with Gasteiger partial charge in [-0.1, -0.05) is 63.6 Å². The number of rotatable bonds is 7. The summed E-state index contributed by atoms with van der Waals surface area (Å²) < 4.78 is 30.9. The molecule has 10 nitrogen and oxygen atoms in total. The Labute approximate surface area is 253 Å². The molecule has 0 radical (unpaired) electrons. The van der Waals surface area contributed by atoms with Crippen LogP contribution in [0.3, 0.4) is 0 Å². The van der Waals surface area contributed by atoms with Crippen molar-refractivity contribution in [2.24, 2.45) is 0 Å². The Morgan fingerprint density at radius 1 is 1.05 bits per heavy atom. The third kappa shape index (κ3) is 5.49. The molecule has 0 saturated carbocycles. The number of fused-ring (bicyclic) bond motifs is 1. The molecule has 1 aliphatic heterocycles. The third-order valence-electron chi connectivity index (χ3n) is 7.02. The van der Waals surface area contributed by atoms with Crippen molar-refractivity contribution in [3.05, 3.63) is 113 Å². The number of ether oxygens (including phenoxy) is 1. The maximum atomic E-state index is 14.9. The van der Waals surface area contributed by atoms with E-state index in [4.69, 9.17) is 9.15 Å². The van der Waals surface area contributed by atoms with Gasteiger partial charge < -0.3 is 19.0 Å². The molecule has 4 heterocycles. The first-order valence-electron chi connectivity index (χ1n) is 13.5. The van der Waals surface area contributed by atoms with Crippen molar-refractivity contribution in [1.29, 1.82) is 0 Å². The van der Waals surface area contributed by atoms with Crippen LogP contribution in [0.1, 0.15) is 22.1 Å². The molecule has 7 rings (SSSR count). The first-order valence-corrected chi connectivity index (χ1v) is 14.3. The van der Waals surface area contributed by atoms with E-state index in [0.29, 0.717) is 47.7 Å². The predicted molar refractivity (Wildman–Crippen MR) is 159 cm³/mol. The zero-order valence-electron chi connectivity index (χ0n) is 22.6. The van der Waals surface area contributed by atoms with Crippen LogP contribution >= 0.6 is 15.9 Å². The molecule has 1 aliphatic rings. The summed E-state index contributed by atoms with van der Waals surface area (Å²) in [5.74, 6) is 0.831. The van der Waals surface area contributed by atoms with Crippen LogP contribution in [0, 0.1) is 5.82 Å². The minimum absolute atomic E-state index is 0.187. The van der Waals surface area contributed by atoms with Gasteiger partial charge in [0.2, 0.25) is 5.89 Å². The Morgan fingerprint density at radius 3 is 2.77 bits per heavy atom. The Balaban J connectivity index is 1.10. The summed E-state index contributed by atoms with van der Waals surface area (Å²) in [5.41, 5.74) is 3.63. The van der Waals surface area contributed by atoms with E-state index in [1.54, 1.807) is 12.4 Å². The summed E-state index contributed by atoms with van der Waals surface area (Å²) in [7, 11) is 0. The minimum atomic E-state index is -0.503. The number of halogens is 2. The fourth-order valence-corrected chi connectivity index (χ4v) is 5.37. The summed E-state index contributed by atoms with van der Waals surface area (Å²) in [4.78, 5) is 22.4. The van der Waals surface area contributed by atoms with E-state index < -0.39 is 11.7 Å².